The molecular weight excluding hydrogens is 376 g/mol. The Morgan fingerprint density at radius 2 is 2.26 bits per heavy atom. The van der Waals surface area contributed by atoms with E-state index >= 15 is 0 Å². The van der Waals surface area contributed by atoms with Gasteiger partial charge in [0.2, 0.25) is 11.1 Å². The third kappa shape index (κ3) is 4.42. The van der Waals surface area contributed by atoms with E-state index in [1.165, 1.54) is 27.8 Å². The summed E-state index contributed by atoms with van der Waals surface area (Å²) >= 11 is 3.09. The zero-order chi connectivity index (χ0) is 18.6. The van der Waals surface area contributed by atoms with Gasteiger partial charge in [-0.2, -0.15) is 0 Å². The van der Waals surface area contributed by atoms with Crippen LogP contribution in [0.25, 0.3) is 0 Å². The van der Waals surface area contributed by atoms with Crippen LogP contribution in [0.2, 0.25) is 0 Å². The summed E-state index contributed by atoms with van der Waals surface area (Å²) in [6.45, 7) is 1.91. The van der Waals surface area contributed by atoms with Gasteiger partial charge >= 0.3 is 0 Å². The van der Waals surface area contributed by atoms with Crippen LogP contribution in [0.5, 0.6) is 0 Å². The van der Waals surface area contributed by atoms with Crippen LogP contribution >= 0.6 is 23.1 Å². The van der Waals surface area contributed by atoms with Gasteiger partial charge in [0.25, 0.3) is 0 Å². The van der Waals surface area contributed by atoms with Crippen molar-refractivity contribution in [1.29, 1.82) is 0 Å². The van der Waals surface area contributed by atoms with E-state index in [-0.39, 0.29) is 17.2 Å². The molecule has 1 aliphatic carbocycles. The Labute approximate surface area is 167 Å². The predicted octanol–water partition coefficient (Wildman–Crippen LogP) is 4.13. The van der Waals surface area contributed by atoms with Crippen LogP contribution in [0.4, 0.5) is 0 Å². The minimum Gasteiger partial charge on any atom is -0.348 e. The molecule has 2 aromatic heterocycles. The molecular formula is C20H22N4OS2. The number of carbonyl (C=O) groups is 1. The summed E-state index contributed by atoms with van der Waals surface area (Å²) in [4.78, 5) is 18.4. The highest BCUT2D eigenvalue weighted by atomic mass is 32.2. The second-order valence-corrected chi connectivity index (χ2v) is 9.07. The third-order valence-corrected chi connectivity index (χ3v) is 6.61. The Kier molecular flexibility index (Phi) is 5.59. The first-order chi connectivity index (χ1) is 13.2. The van der Waals surface area contributed by atoms with E-state index < -0.39 is 0 Å². The molecule has 2 unspecified atom stereocenters. The fraction of sp³-hybridized carbons (Fsp3) is 0.350. The van der Waals surface area contributed by atoms with E-state index in [4.69, 9.17) is 0 Å². The molecule has 3 aromatic rings. The minimum atomic E-state index is -0.246. The Hall–Kier alpha value is -2.12. The van der Waals surface area contributed by atoms with E-state index in [0.717, 1.165) is 31.5 Å². The maximum atomic E-state index is 12.7. The number of rotatable bonds is 6. The third-order valence-electron chi connectivity index (χ3n) is 4.77. The van der Waals surface area contributed by atoms with Crippen LogP contribution in [-0.2, 0) is 17.6 Å². The van der Waals surface area contributed by atoms with Crippen molar-refractivity contribution in [3.8, 4) is 0 Å². The average molecular weight is 399 g/mol. The van der Waals surface area contributed by atoms with Gasteiger partial charge in [0.1, 0.15) is 5.82 Å². The molecule has 0 aliphatic heterocycles. The molecule has 27 heavy (non-hydrogen) atoms. The number of thioether (sulfide) groups is 1. The highest BCUT2D eigenvalue weighted by molar-refractivity contribution is 8.00. The molecule has 2 heterocycles. The zero-order valence-corrected chi connectivity index (χ0v) is 16.8. The van der Waals surface area contributed by atoms with E-state index in [9.17, 15) is 4.79 Å². The van der Waals surface area contributed by atoms with Crippen LogP contribution in [0.15, 0.2) is 46.9 Å². The van der Waals surface area contributed by atoms with Crippen molar-refractivity contribution in [2.45, 2.75) is 49.1 Å². The lowest BCUT2D eigenvalue weighted by molar-refractivity contribution is -0.121. The van der Waals surface area contributed by atoms with Crippen LogP contribution in [-0.4, -0.2) is 26.3 Å². The maximum Gasteiger partial charge on any atom is 0.233 e. The van der Waals surface area contributed by atoms with Crippen LogP contribution in [0.1, 0.15) is 47.6 Å². The first-order valence-corrected chi connectivity index (χ1v) is 10.9. The normalized spacial score (nSPS) is 17.3. The van der Waals surface area contributed by atoms with Crippen molar-refractivity contribution in [1.82, 2.24) is 20.5 Å². The van der Waals surface area contributed by atoms with Crippen LogP contribution < -0.4 is 5.32 Å². The first-order valence-electron chi connectivity index (χ1n) is 9.17. The smallest absolute Gasteiger partial charge is 0.233 e. The molecule has 5 nitrogen and oxygen atoms in total. The lowest BCUT2D eigenvalue weighted by Crippen LogP contribution is -2.35. The van der Waals surface area contributed by atoms with Crippen molar-refractivity contribution in [3.63, 3.8) is 0 Å². The quantitative estimate of drug-likeness (QED) is 0.613. The van der Waals surface area contributed by atoms with Gasteiger partial charge in [-0.15, -0.1) is 16.4 Å². The number of thiophene rings is 1. The van der Waals surface area contributed by atoms with Gasteiger partial charge in [-0.05, 0) is 48.8 Å². The molecule has 7 heteroatoms. The van der Waals surface area contributed by atoms with Gasteiger partial charge in [-0.3, -0.25) is 9.89 Å². The van der Waals surface area contributed by atoms with E-state index in [1.54, 1.807) is 11.3 Å². The number of aryl methyl sites for hydroxylation is 1. The van der Waals surface area contributed by atoms with Crippen molar-refractivity contribution in [3.05, 3.63) is 63.6 Å². The SMILES string of the molecule is CC(Sc1n[nH]c(Cc2cccs2)n1)C(=O)NC1CCCc2ccccc21. The minimum absolute atomic E-state index is 0.0336. The Morgan fingerprint density at radius 3 is 3.11 bits per heavy atom. The fourth-order valence-electron chi connectivity index (χ4n) is 3.39. The molecule has 0 bridgehead atoms. The summed E-state index contributed by atoms with van der Waals surface area (Å²) in [5.74, 6) is 0.861. The van der Waals surface area contributed by atoms with Gasteiger partial charge in [-0.25, -0.2) is 4.98 Å². The summed E-state index contributed by atoms with van der Waals surface area (Å²) in [6, 6.07) is 12.6. The molecule has 0 fully saturated rings. The molecule has 1 amide bonds. The van der Waals surface area contributed by atoms with Crippen molar-refractivity contribution >= 4 is 29.0 Å². The van der Waals surface area contributed by atoms with Crippen LogP contribution in [0, 0.1) is 0 Å². The van der Waals surface area contributed by atoms with E-state index in [1.807, 2.05) is 19.1 Å². The highest BCUT2D eigenvalue weighted by Gasteiger charge is 2.24. The highest BCUT2D eigenvalue weighted by Crippen LogP contribution is 2.30. The summed E-state index contributed by atoms with van der Waals surface area (Å²) in [5.41, 5.74) is 2.60. The van der Waals surface area contributed by atoms with E-state index in [0.29, 0.717) is 5.16 Å². The fourth-order valence-corrected chi connectivity index (χ4v) is 4.85. The second kappa shape index (κ2) is 8.27. The van der Waals surface area contributed by atoms with Gasteiger partial charge < -0.3 is 5.32 Å². The Bertz CT molecular complexity index is 906. The molecule has 2 atom stereocenters. The predicted molar refractivity (Wildman–Crippen MR) is 109 cm³/mol. The van der Waals surface area contributed by atoms with Crippen molar-refractivity contribution in [2.75, 3.05) is 0 Å². The molecule has 0 radical (unpaired) electrons. The van der Waals surface area contributed by atoms with Crippen molar-refractivity contribution in [2.24, 2.45) is 0 Å². The molecule has 140 valence electrons. The Balaban J connectivity index is 1.35. The molecule has 1 aromatic carbocycles. The molecule has 2 N–H and O–H groups in total. The second-order valence-electron chi connectivity index (χ2n) is 6.73. The number of aromatic amines is 1. The number of amides is 1. The average Bonchev–Trinajstić information content (AvgIpc) is 3.34. The van der Waals surface area contributed by atoms with Gasteiger partial charge in [-0.1, -0.05) is 42.1 Å². The molecule has 1 aliphatic rings. The number of hydrogen-bond acceptors (Lipinski definition) is 5. The maximum absolute atomic E-state index is 12.7. The first kappa shape index (κ1) is 18.3. The zero-order valence-electron chi connectivity index (χ0n) is 15.1. The van der Waals surface area contributed by atoms with Gasteiger partial charge in [0, 0.05) is 11.3 Å². The molecule has 0 spiro atoms. The molecule has 0 saturated carbocycles. The van der Waals surface area contributed by atoms with Gasteiger partial charge in [0.05, 0.1) is 11.3 Å². The summed E-state index contributed by atoms with van der Waals surface area (Å²) in [7, 11) is 0. The lowest BCUT2D eigenvalue weighted by atomic mass is 9.88. The van der Waals surface area contributed by atoms with Crippen LogP contribution in [0.3, 0.4) is 0 Å². The summed E-state index contributed by atoms with van der Waals surface area (Å²) in [5, 5.41) is 12.9. The number of nitrogens with one attached hydrogen (secondary N) is 2. The number of carbonyl (C=O) groups excluding carboxylic acids is 1. The molecule has 0 saturated heterocycles. The topological polar surface area (TPSA) is 70.7 Å². The number of fused-ring (bicyclic) bond motifs is 1. The van der Waals surface area contributed by atoms with E-state index in [2.05, 4.69) is 50.1 Å². The largest absolute Gasteiger partial charge is 0.348 e. The number of hydrogen-bond donors (Lipinski definition) is 2. The van der Waals surface area contributed by atoms with Crippen molar-refractivity contribution < 1.29 is 4.79 Å². The molecule has 4 rings (SSSR count). The van der Waals surface area contributed by atoms with Gasteiger partial charge in [0.15, 0.2) is 0 Å². The summed E-state index contributed by atoms with van der Waals surface area (Å²) < 4.78 is 0. The number of aromatic nitrogens is 3. The summed E-state index contributed by atoms with van der Waals surface area (Å²) in [6.07, 6.45) is 3.93. The number of H-pyrrole nitrogens is 1. The standard InChI is InChI=1S/C20H22N4OS2/c1-13(27-20-22-18(23-24-20)12-15-8-5-11-26-15)19(25)21-17-10-4-7-14-6-2-3-9-16(14)17/h2-3,5-6,8-9,11,13,17H,4,7,10,12H2,1H3,(H,21,25)(H,22,23,24). The lowest BCUT2D eigenvalue weighted by Gasteiger charge is -2.27. The Morgan fingerprint density at radius 1 is 1.37 bits per heavy atom. The monoisotopic (exact) mass is 398 g/mol. The number of nitrogens with zero attached hydrogens (tertiary/aromatic N) is 2. The number of benzene rings is 1.